The lowest BCUT2D eigenvalue weighted by Crippen LogP contribution is -2.02. The molecule has 2 heterocycles. The van der Waals surface area contributed by atoms with Gasteiger partial charge in [-0.05, 0) is 42.0 Å². The molecule has 0 fully saturated rings. The lowest BCUT2D eigenvalue weighted by Gasteiger charge is -2.05. The van der Waals surface area contributed by atoms with Crippen molar-refractivity contribution in [3.63, 3.8) is 0 Å². The van der Waals surface area contributed by atoms with Gasteiger partial charge in [0.1, 0.15) is 29.2 Å². The van der Waals surface area contributed by atoms with Gasteiger partial charge in [0.05, 0.1) is 21.9 Å². The van der Waals surface area contributed by atoms with Crippen molar-refractivity contribution in [2.45, 2.75) is 0 Å². The molecule has 154 valence electrons. The molecule has 2 aromatic carbocycles. The van der Waals surface area contributed by atoms with E-state index in [0.29, 0.717) is 11.4 Å². The predicted octanol–water partition coefficient (Wildman–Crippen LogP) is 4.22. The lowest BCUT2D eigenvalue weighted by atomic mass is 10.1. The van der Waals surface area contributed by atoms with E-state index in [-0.39, 0.29) is 28.3 Å². The van der Waals surface area contributed by atoms with E-state index in [1.54, 1.807) is 47.3 Å². The Hall–Kier alpha value is -5.15. The standard InChI is InChI=1S/C23H15N7O2/c24-13-17(22-20(14-25)23(26)29(27-22)18-5-2-1-3-6-18)15-28-12-4-7-21(28)16-8-10-19(11-9-16)30(31)32/h1-12,15H,26H2/b17-15+. The van der Waals surface area contributed by atoms with Crippen LogP contribution in [0.5, 0.6) is 0 Å². The number of nitro benzene ring substituents is 1. The number of hydrogen-bond acceptors (Lipinski definition) is 6. The van der Waals surface area contributed by atoms with Gasteiger partial charge >= 0.3 is 0 Å². The number of nitrogens with two attached hydrogens (primary N) is 1. The average Bonchev–Trinajstić information content (AvgIpc) is 3.42. The first-order valence-corrected chi connectivity index (χ1v) is 9.41. The zero-order chi connectivity index (χ0) is 22.7. The summed E-state index contributed by atoms with van der Waals surface area (Å²) in [6.07, 6.45) is 3.28. The molecular formula is C23H15N7O2. The second-order valence-electron chi connectivity index (χ2n) is 6.73. The third-order valence-electron chi connectivity index (χ3n) is 4.83. The maximum atomic E-state index is 10.9. The fourth-order valence-electron chi connectivity index (χ4n) is 3.28. The number of anilines is 1. The van der Waals surface area contributed by atoms with Gasteiger partial charge in [0.2, 0.25) is 0 Å². The number of aromatic nitrogens is 3. The van der Waals surface area contributed by atoms with Gasteiger partial charge in [-0.1, -0.05) is 18.2 Å². The molecule has 4 aromatic rings. The molecule has 0 amide bonds. The molecule has 2 aromatic heterocycles. The van der Waals surface area contributed by atoms with Gasteiger partial charge in [-0.3, -0.25) is 10.1 Å². The fourth-order valence-corrected chi connectivity index (χ4v) is 3.28. The van der Waals surface area contributed by atoms with E-state index in [4.69, 9.17) is 5.73 Å². The van der Waals surface area contributed by atoms with E-state index in [0.717, 1.165) is 5.56 Å². The molecule has 0 saturated heterocycles. The van der Waals surface area contributed by atoms with E-state index in [1.165, 1.54) is 16.8 Å². The van der Waals surface area contributed by atoms with Crippen LogP contribution < -0.4 is 5.73 Å². The highest BCUT2D eigenvalue weighted by Crippen LogP contribution is 2.28. The van der Waals surface area contributed by atoms with Crippen molar-refractivity contribution in [2.24, 2.45) is 0 Å². The van der Waals surface area contributed by atoms with Crippen LogP contribution in [0.4, 0.5) is 11.5 Å². The van der Waals surface area contributed by atoms with Gasteiger partial charge in [0.15, 0.2) is 0 Å². The molecule has 2 N–H and O–H groups in total. The fraction of sp³-hybridized carbons (Fsp3) is 0. The maximum Gasteiger partial charge on any atom is 0.269 e. The van der Waals surface area contributed by atoms with Gasteiger partial charge in [0, 0.05) is 24.5 Å². The van der Waals surface area contributed by atoms with Crippen molar-refractivity contribution >= 4 is 23.3 Å². The van der Waals surface area contributed by atoms with Crippen molar-refractivity contribution in [1.29, 1.82) is 10.5 Å². The van der Waals surface area contributed by atoms with Crippen LogP contribution in [0.25, 0.3) is 28.7 Å². The normalized spacial score (nSPS) is 11.0. The Kier molecular flexibility index (Phi) is 5.22. The molecule has 0 aliphatic carbocycles. The third kappa shape index (κ3) is 3.58. The number of nitrogens with zero attached hydrogens (tertiary/aromatic N) is 6. The summed E-state index contributed by atoms with van der Waals surface area (Å²) >= 11 is 0. The largest absolute Gasteiger partial charge is 0.382 e. The summed E-state index contributed by atoms with van der Waals surface area (Å²) in [7, 11) is 0. The summed E-state index contributed by atoms with van der Waals surface area (Å²) in [6.45, 7) is 0. The van der Waals surface area contributed by atoms with E-state index in [1.807, 2.05) is 30.3 Å². The van der Waals surface area contributed by atoms with Gasteiger partial charge in [0.25, 0.3) is 5.69 Å². The Morgan fingerprint density at radius 1 is 1.06 bits per heavy atom. The van der Waals surface area contributed by atoms with Crippen LogP contribution in [0, 0.1) is 32.8 Å². The second-order valence-corrected chi connectivity index (χ2v) is 6.73. The monoisotopic (exact) mass is 421 g/mol. The molecule has 0 atom stereocenters. The molecule has 0 radical (unpaired) electrons. The number of allylic oxidation sites excluding steroid dienone is 1. The van der Waals surface area contributed by atoms with Gasteiger partial charge in [-0.15, -0.1) is 0 Å². The number of rotatable bonds is 5. The minimum Gasteiger partial charge on any atom is -0.382 e. The van der Waals surface area contributed by atoms with Crippen molar-refractivity contribution in [3.8, 4) is 29.1 Å². The van der Waals surface area contributed by atoms with Gasteiger partial charge < -0.3 is 10.3 Å². The van der Waals surface area contributed by atoms with Crippen LogP contribution >= 0.6 is 0 Å². The van der Waals surface area contributed by atoms with E-state index in [9.17, 15) is 20.6 Å². The van der Waals surface area contributed by atoms with E-state index in [2.05, 4.69) is 11.2 Å². The Morgan fingerprint density at radius 3 is 2.41 bits per heavy atom. The van der Waals surface area contributed by atoms with Crippen LogP contribution in [-0.4, -0.2) is 19.3 Å². The first-order chi connectivity index (χ1) is 15.5. The minimum absolute atomic E-state index is 0.0132. The smallest absolute Gasteiger partial charge is 0.269 e. The minimum atomic E-state index is -0.465. The molecule has 4 rings (SSSR count). The first kappa shape index (κ1) is 20.1. The number of nitro groups is 1. The van der Waals surface area contributed by atoms with Crippen LogP contribution in [0.15, 0.2) is 72.9 Å². The Balaban J connectivity index is 1.79. The second kappa shape index (κ2) is 8.30. The number of benzene rings is 2. The third-order valence-corrected chi connectivity index (χ3v) is 4.83. The average molecular weight is 421 g/mol. The zero-order valence-corrected chi connectivity index (χ0v) is 16.6. The highest BCUT2D eigenvalue weighted by atomic mass is 16.6. The van der Waals surface area contributed by atoms with Crippen molar-refractivity contribution < 1.29 is 4.92 Å². The molecule has 0 aliphatic rings. The highest BCUT2D eigenvalue weighted by Gasteiger charge is 2.20. The predicted molar refractivity (Wildman–Crippen MR) is 119 cm³/mol. The van der Waals surface area contributed by atoms with Gasteiger partial charge in [-0.25, -0.2) is 4.68 Å². The number of hydrogen-bond donors (Lipinski definition) is 1. The molecule has 0 saturated carbocycles. The molecule has 0 unspecified atom stereocenters. The van der Waals surface area contributed by atoms with E-state index < -0.39 is 4.92 Å². The maximum absolute atomic E-state index is 10.9. The summed E-state index contributed by atoms with van der Waals surface area (Å²) in [6, 6.07) is 22.9. The van der Waals surface area contributed by atoms with Crippen molar-refractivity contribution in [3.05, 3.63) is 94.3 Å². The van der Waals surface area contributed by atoms with Gasteiger partial charge in [-0.2, -0.15) is 15.6 Å². The number of non-ortho nitro benzene ring substituents is 1. The van der Waals surface area contributed by atoms with Crippen LogP contribution in [-0.2, 0) is 0 Å². The number of nitriles is 2. The summed E-state index contributed by atoms with van der Waals surface area (Å²) < 4.78 is 3.12. The van der Waals surface area contributed by atoms with Crippen LogP contribution in [0.2, 0.25) is 0 Å². The van der Waals surface area contributed by atoms with Crippen LogP contribution in [0.3, 0.4) is 0 Å². The topological polar surface area (TPSA) is 139 Å². The number of nitrogen functional groups attached to an aromatic ring is 1. The SMILES string of the molecule is N#C/C(=C\n1cccc1-c1ccc([N+](=O)[O-])cc1)c1nn(-c2ccccc2)c(N)c1C#N. The molecule has 0 spiro atoms. The van der Waals surface area contributed by atoms with Crippen LogP contribution in [0.1, 0.15) is 11.3 Å². The molecule has 9 heteroatoms. The summed E-state index contributed by atoms with van der Waals surface area (Å²) in [5.41, 5.74) is 8.65. The summed E-state index contributed by atoms with van der Waals surface area (Å²) in [5, 5.41) is 34.8. The quantitative estimate of drug-likeness (QED) is 0.291. The first-order valence-electron chi connectivity index (χ1n) is 9.41. The van der Waals surface area contributed by atoms with Crippen molar-refractivity contribution in [2.75, 3.05) is 5.73 Å². The molecule has 0 aliphatic heterocycles. The van der Waals surface area contributed by atoms with E-state index >= 15 is 0 Å². The Bertz CT molecular complexity index is 1420. The highest BCUT2D eigenvalue weighted by molar-refractivity contribution is 5.88. The lowest BCUT2D eigenvalue weighted by molar-refractivity contribution is -0.384. The molecule has 32 heavy (non-hydrogen) atoms. The molecule has 9 nitrogen and oxygen atoms in total. The summed E-state index contributed by atoms with van der Waals surface area (Å²) in [4.78, 5) is 10.4. The Morgan fingerprint density at radius 2 is 1.78 bits per heavy atom. The molecule has 0 bridgehead atoms. The van der Waals surface area contributed by atoms with Crippen molar-refractivity contribution in [1.82, 2.24) is 14.3 Å². The zero-order valence-electron chi connectivity index (χ0n) is 16.6. The summed E-state index contributed by atoms with van der Waals surface area (Å²) in [5.74, 6) is 0.137. The molecular weight excluding hydrogens is 406 g/mol. The number of para-hydroxylation sites is 1. The Labute approximate surface area is 182 Å².